The molecule has 0 aliphatic carbocycles. The van der Waals surface area contributed by atoms with Gasteiger partial charge in [-0.3, -0.25) is 9.52 Å². The minimum absolute atomic E-state index is 0.0630. The van der Waals surface area contributed by atoms with Crippen molar-refractivity contribution in [2.24, 2.45) is 0 Å². The monoisotopic (exact) mass is 486 g/mol. The molecule has 1 amide bonds. The highest BCUT2D eigenvalue weighted by molar-refractivity contribution is 7.92. The topological polar surface area (TPSA) is 84.5 Å². The number of carbonyl (C=O) groups is 1. The van der Waals surface area contributed by atoms with Crippen molar-refractivity contribution in [3.05, 3.63) is 83.9 Å². The van der Waals surface area contributed by atoms with Crippen LogP contribution in [0.3, 0.4) is 0 Å². The molecule has 0 aliphatic heterocycles. The minimum atomic E-state index is -4.64. The zero-order valence-electron chi connectivity index (χ0n) is 16.5. The van der Waals surface area contributed by atoms with Gasteiger partial charge in [0.15, 0.2) is 18.2 Å². The van der Waals surface area contributed by atoms with Crippen LogP contribution in [-0.4, -0.2) is 20.9 Å². The zero-order chi connectivity index (χ0) is 24.2. The molecule has 0 unspecified atom stereocenters. The number of carbonyl (C=O) groups excluding carboxylic acids is 1. The number of alkyl halides is 3. The first-order valence-electron chi connectivity index (χ1n) is 9.12. The van der Waals surface area contributed by atoms with E-state index in [0.717, 1.165) is 18.2 Å². The Kier molecular flexibility index (Phi) is 6.86. The Labute approximate surface area is 185 Å². The Morgan fingerprint density at radius 2 is 1.52 bits per heavy atom. The molecule has 3 rings (SSSR count). The van der Waals surface area contributed by atoms with Crippen LogP contribution in [0.25, 0.3) is 0 Å². The van der Waals surface area contributed by atoms with Crippen LogP contribution in [0.15, 0.2) is 71.6 Å². The van der Waals surface area contributed by atoms with Crippen LogP contribution in [0.5, 0.6) is 5.75 Å². The first-order chi connectivity index (χ1) is 15.5. The van der Waals surface area contributed by atoms with Crippen LogP contribution >= 0.6 is 0 Å². The van der Waals surface area contributed by atoms with Crippen molar-refractivity contribution in [3.8, 4) is 5.75 Å². The second-order valence-corrected chi connectivity index (χ2v) is 8.27. The fraction of sp³-hybridized carbons (Fsp3) is 0.0952. The quantitative estimate of drug-likeness (QED) is 0.470. The Morgan fingerprint density at radius 1 is 0.879 bits per heavy atom. The molecule has 12 heteroatoms. The van der Waals surface area contributed by atoms with Crippen LogP contribution in [-0.2, 0) is 21.0 Å². The van der Waals surface area contributed by atoms with E-state index in [-0.39, 0.29) is 11.4 Å². The Balaban J connectivity index is 1.61. The van der Waals surface area contributed by atoms with Gasteiger partial charge in [0.05, 0.1) is 10.5 Å². The fourth-order valence-electron chi connectivity index (χ4n) is 2.65. The highest BCUT2D eigenvalue weighted by Gasteiger charge is 2.34. The largest absolute Gasteiger partial charge is 0.483 e. The molecule has 0 aromatic heterocycles. The van der Waals surface area contributed by atoms with Gasteiger partial charge in [-0.2, -0.15) is 13.2 Å². The molecule has 0 saturated carbocycles. The summed E-state index contributed by atoms with van der Waals surface area (Å²) >= 11 is 0. The fourth-order valence-corrected chi connectivity index (χ4v) is 3.72. The molecule has 0 aliphatic rings. The minimum Gasteiger partial charge on any atom is -0.483 e. The summed E-state index contributed by atoms with van der Waals surface area (Å²) in [5.74, 6) is -3.76. The van der Waals surface area contributed by atoms with E-state index in [2.05, 4.69) is 10.0 Å². The summed E-state index contributed by atoms with van der Waals surface area (Å²) in [7, 11) is -4.20. The Bertz CT molecular complexity index is 1260. The second kappa shape index (κ2) is 9.45. The first-order valence-corrected chi connectivity index (χ1v) is 10.6. The van der Waals surface area contributed by atoms with E-state index < -0.39 is 56.6 Å². The van der Waals surface area contributed by atoms with Crippen molar-refractivity contribution in [2.75, 3.05) is 16.6 Å². The molecule has 0 saturated heterocycles. The van der Waals surface area contributed by atoms with Gasteiger partial charge in [0, 0.05) is 11.4 Å². The van der Waals surface area contributed by atoms with Gasteiger partial charge in [-0.1, -0.05) is 12.1 Å². The molecule has 6 nitrogen and oxygen atoms in total. The number of ether oxygens (including phenoxy) is 1. The molecular weight excluding hydrogens is 471 g/mol. The molecule has 0 atom stereocenters. The number of para-hydroxylation sites is 1. The summed E-state index contributed by atoms with van der Waals surface area (Å²) in [4.78, 5) is 11.5. The third kappa shape index (κ3) is 6.19. The molecule has 0 fully saturated rings. The van der Waals surface area contributed by atoms with Crippen molar-refractivity contribution in [2.45, 2.75) is 11.1 Å². The maximum absolute atomic E-state index is 13.3. The Morgan fingerprint density at radius 3 is 2.15 bits per heavy atom. The molecule has 33 heavy (non-hydrogen) atoms. The standard InChI is InChI=1S/C21H15F5N2O4S/c22-17-10-9-15(11-18(17)23)33(30,31)28-14-7-5-13(6-8-14)27-20(29)12-32-19-4-2-1-3-16(19)21(24,25)26/h1-11,28H,12H2,(H,27,29). The maximum Gasteiger partial charge on any atom is 0.419 e. The van der Waals surface area contributed by atoms with Gasteiger partial charge >= 0.3 is 6.18 Å². The highest BCUT2D eigenvalue weighted by atomic mass is 32.2. The number of hydrogen-bond donors (Lipinski definition) is 2. The van der Waals surface area contributed by atoms with Crippen LogP contribution in [0.2, 0.25) is 0 Å². The smallest absolute Gasteiger partial charge is 0.419 e. The predicted molar refractivity (Wildman–Crippen MR) is 109 cm³/mol. The van der Waals surface area contributed by atoms with Crippen molar-refractivity contribution in [1.82, 2.24) is 0 Å². The van der Waals surface area contributed by atoms with Crippen LogP contribution < -0.4 is 14.8 Å². The Hall–Kier alpha value is -3.67. The van der Waals surface area contributed by atoms with Crippen LogP contribution in [0.4, 0.5) is 33.3 Å². The maximum atomic E-state index is 13.3. The molecule has 0 spiro atoms. The molecule has 174 valence electrons. The van der Waals surface area contributed by atoms with Gasteiger partial charge in [0.1, 0.15) is 5.75 Å². The molecule has 0 bridgehead atoms. The summed E-state index contributed by atoms with van der Waals surface area (Å²) in [6.07, 6.45) is -4.64. The van der Waals surface area contributed by atoms with Crippen molar-refractivity contribution < 1.29 is 39.9 Å². The zero-order valence-corrected chi connectivity index (χ0v) is 17.3. The number of anilines is 2. The third-order valence-corrected chi connectivity index (χ3v) is 5.55. The summed E-state index contributed by atoms with van der Waals surface area (Å²) in [6, 6.07) is 11.8. The van der Waals surface area contributed by atoms with Gasteiger partial charge in [-0.25, -0.2) is 17.2 Å². The number of benzene rings is 3. The number of sulfonamides is 1. The molecule has 3 aromatic rings. The number of rotatable bonds is 7. The average molecular weight is 486 g/mol. The van der Waals surface area contributed by atoms with E-state index >= 15 is 0 Å². The lowest BCUT2D eigenvalue weighted by Gasteiger charge is -2.14. The van der Waals surface area contributed by atoms with E-state index in [0.29, 0.717) is 12.1 Å². The van der Waals surface area contributed by atoms with Crippen molar-refractivity contribution in [3.63, 3.8) is 0 Å². The number of hydrogen-bond acceptors (Lipinski definition) is 4. The lowest BCUT2D eigenvalue weighted by molar-refractivity contribution is -0.139. The summed E-state index contributed by atoms with van der Waals surface area (Å²) in [5.41, 5.74) is -0.743. The summed E-state index contributed by atoms with van der Waals surface area (Å²) in [5, 5.41) is 2.39. The summed E-state index contributed by atoms with van der Waals surface area (Å²) < 4.78 is 96.9. The summed E-state index contributed by atoms with van der Waals surface area (Å²) in [6.45, 7) is -0.697. The SMILES string of the molecule is O=C(COc1ccccc1C(F)(F)F)Nc1ccc(NS(=O)(=O)c2ccc(F)c(F)c2)cc1. The van der Waals surface area contributed by atoms with E-state index in [1.54, 1.807) is 0 Å². The van der Waals surface area contributed by atoms with Gasteiger partial charge in [-0.05, 0) is 54.6 Å². The van der Waals surface area contributed by atoms with Crippen molar-refractivity contribution >= 4 is 27.3 Å². The number of nitrogens with one attached hydrogen (secondary N) is 2. The van der Waals surface area contributed by atoms with E-state index in [9.17, 15) is 35.2 Å². The van der Waals surface area contributed by atoms with Gasteiger partial charge in [0.25, 0.3) is 15.9 Å². The van der Waals surface area contributed by atoms with Crippen LogP contribution in [0, 0.1) is 11.6 Å². The molecule has 3 aromatic carbocycles. The van der Waals surface area contributed by atoms with E-state index in [1.165, 1.54) is 36.4 Å². The molecular formula is C21H15F5N2O4S. The van der Waals surface area contributed by atoms with E-state index in [4.69, 9.17) is 4.74 Å². The van der Waals surface area contributed by atoms with E-state index in [1.807, 2.05) is 0 Å². The predicted octanol–water partition coefficient (Wildman–Crippen LogP) is 4.80. The highest BCUT2D eigenvalue weighted by Crippen LogP contribution is 2.35. The third-order valence-electron chi connectivity index (χ3n) is 4.17. The van der Waals surface area contributed by atoms with Gasteiger partial charge in [0.2, 0.25) is 0 Å². The molecule has 0 radical (unpaired) electrons. The average Bonchev–Trinajstić information content (AvgIpc) is 2.75. The van der Waals surface area contributed by atoms with Gasteiger partial charge < -0.3 is 10.1 Å². The molecule has 0 heterocycles. The number of amides is 1. The van der Waals surface area contributed by atoms with Gasteiger partial charge in [-0.15, -0.1) is 0 Å². The second-order valence-electron chi connectivity index (χ2n) is 6.59. The molecule has 2 N–H and O–H groups in total. The lowest BCUT2D eigenvalue weighted by atomic mass is 10.2. The number of halogens is 5. The van der Waals surface area contributed by atoms with Crippen LogP contribution in [0.1, 0.15) is 5.56 Å². The lowest BCUT2D eigenvalue weighted by Crippen LogP contribution is -2.21. The van der Waals surface area contributed by atoms with Crippen molar-refractivity contribution in [1.29, 1.82) is 0 Å². The first kappa shape index (κ1) is 24.0. The normalized spacial score (nSPS) is 11.7.